The van der Waals surface area contributed by atoms with Crippen LogP contribution in [0.5, 0.6) is 0 Å². The summed E-state index contributed by atoms with van der Waals surface area (Å²) in [5.41, 5.74) is 13.3. The van der Waals surface area contributed by atoms with Crippen LogP contribution in [0.4, 0.5) is 0 Å². The zero-order valence-corrected chi connectivity index (χ0v) is 31.3. The maximum atomic E-state index is 7.99. The number of rotatable bonds is 7. The van der Waals surface area contributed by atoms with Crippen molar-refractivity contribution in [2.75, 3.05) is 0 Å². The van der Waals surface area contributed by atoms with Crippen molar-refractivity contribution >= 4 is 46.3 Å². The van der Waals surface area contributed by atoms with Crippen LogP contribution in [-0.2, 0) is 17.9 Å². The van der Waals surface area contributed by atoms with Gasteiger partial charge in [0.15, 0.2) is 0 Å². The summed E-state index contributed by atoms with van der Waals surface area (Å²) < 4.78 is 1.38. The third kappa shape index (κ3) is 5.17. The molecule has 1 heterocycles. The summed E-state index contributed by atoms with van der Waals surface area (Å²) in [5.74, 6) is 0.889. The Kier molecular flexibility index (Phi) is 8.26. The molecular weight excluding hydrogens is 671 g/mol. The number of halogens is 2. The Bertz CT molecular complexity index is 1900. The Labute approximate surface area is 276 Å². The van der Waals surface area contributed by atoms with Crippen molar-refractivity contribution in [2.45, 2.75) is 43.7 Å². The molecule has 0 aromatic heterocycles. The molecule has 1 aliphatic heterocycles. The van der Waals surface area contributed by atoms with Crippen molar-refractivity contribution in [3.8, 4) is 33.4 Å². The third-order valence-corrected chi connectivity index (χ3v) is 23.8. The molecule has 5 aromatic rings. The molecule has 44 heavy (non-hydrogen) atoms. The summed E-state index contributed by atoms with van der Waals surface area (Å²) in [6.45, 7) is 9.25. The van der Waals surface area contributed by atoms with Gasteiger partial charge in [0.2, 0.25) is 0 Å². The van der Waals surface area contributed by atoms with Crippen molar-refractivity contribution in [2.24, 2.45) is 5.92 Å². The monoisotopic (exact) mass is 706 g/mol. The molecule has 2 aliphatic rings. The number of benzene rings is 5. The predicted octanol–water partition coefficient (Wildman–Crippen LogP) is 9.52. The summed E-state index contributed by atoms with van der Waals surface area (Å²) >= 11 is -4.06. The molecule has 0 nitrogen and oxygen atoms in total. The van der Waals surface area contributed by atoms with Crippen molar-refractivity contribution in [3.05, 3.63) is 131 Å². The SMILES string of the molecule is CC(C)CC1=Cc2c(ccc(C(C)C)c2-c2ccccc2-c2ccccc2)[CH]1[Zr]([Cl])([Cl])[c]1cccc2c1[SiH2]c1ccccc1-2. The molecule has 0 amide bonds. The molecular formula is C40H38Cl2SiZr. The van der Waals surface area contributed by atoms with Gasteiger partial charge in [0.1, 0.15) is 0 Å². The number of hydrogen-bond donors (Lipinski definition) is 0. The zero-order valence-electron chi connectivity index (χ0n) is 25.9. The maximum absolute atomic E-state index is 7.99. The Balaban J connectivity index is 1.45. The summed E-state index contributed by atoms with van der Waals surface area (Å²) in [4.78, 5) is 0. The van der Waals surface area contributed by atoms with Crippen LogP contribution in [-0.4, -0.2) is 9.52 Å². The Morgan fingerprint density at radius 1 is 0.682 bits per heavy atom. The molecule has 1 unspecified atom stereocenters. The van der Waals surface area contributed by atoms with Gasteiger partial charge in [-0.3, -0.25) is 0 Å². The first-order valence-electron chi connectivity index (χ1n) is 15.9. The van der Waals surface area contributed by atoms with Gasteiger partial charge in [0.05, 0.1) is 0 Å². The fourth-order valence-electron chi connectivity index (χ4n) is 7.58. The van der Waals surface area contributed by atoms with Gasteiger partial charge in [-0.1, -0.05) is 0 Å². The van der Waals surface area contributed by atoms with E-state index in [9.17, 15) is 0 Å². The molecule has 0 fully saturated rings. The first kappa shape index (κ1) is 30.2. The van der Waals surface area contributed by atoms with Crippen molar-refractivity contribution in [1.82, 2.24) is 0 Å². The molecule has 1 atom stereocenters. The predicted molar refractivity (Wildman–Crippen MR) is 193 cm³/mol. The van der Waals surface area contributed by atoms with Gasteiger partial charge in [-0.25, -0.2) is 0 Å². The number of hydrogen-bond acceptors (Lipinski definition) is 0. The van der Waals surface area contributed by atoms with E-state index in [1.165, 1.54) is 69.3 Å². The molecule has 0 saturated carbocycles. The molecule has 0 radical (unpaired) electrons. The first-order valence-corrected chi connectivity index (χ1v) is 26.3. The van der Waals surface area contributed by atoms with Crippen LogP contribution in [0.1, 0.15) is 60.3 Å². The molecule has 0 spiro atoms. The van der Waals surface area contributed by atoms with E-state index >= 15 is 0 Å². The van der Waals surface area contributed by atoms with E-state index < -0.39 is 27.4 Å². The van der Waals surface area contributed by atoms with Crippen LogP contribution in [0.2, 0.25) is 0 Å². The van der Waals surface area contributed by atoms with Crippen LogP contribution in [0.25, 0.3) is 39.5 Å². The molecule has 0 saturated heterocycles. The van der Waals surface area contributed by atoms with Crippen LogP contribution >= 0.6 is 17.0 Å². The minimum absolute atomic E-state index is 0.0816. The van der Waals surface area contributed by atoms with Gasteiger partial charge in [0.25, 0.3) is 0 Å². The fourth-order valence-corrected chi connectivity index (χ4v) is 24.4. The van der Waals surface area contributed by atoms with Gasteiger partial charge < -0.3 is 0 Å². The summed E-state index contributed by atoms with van der Waals surface area (Å²) in [6, 6.07) is 40.1. The van der Waals surface area contributed by atoms with Crippen LogP contribution in [0.3, 0.4) is 0 Å². The van der Waals surface area contributed by atoms with Crippen LogP contribution in [0, 0.1) is 5.92 Å². The van der Waals surface area contributed by atoms with Crippen molar-refractivity contribution < 1.29 is 17.9 Å². The van der Waals surface area contributed by atoms with Crippen LogP contribution in [0.15, 0.2) is 115 Å². The Morgan fingerprint density at radius 2 is 1.34 bits per heavy atom. The molecule has 5 aromatic carbocycles. The van der Waals surface area contributed by atoms with Gasteiger partial charge in [0, 0.05) is 0 Å². The van der Waals surface area contributed by atoms with E-state index in [0.717, 1.165) is 6.42 Å². The Morgan fingerprint density at radius 3 is 2.07 bits per heavy atom. The second-order valence-corrected chi connectivity index (χ2v) is 29.0. The van der Waals surface area contributed by atoms with E-state index in [4.69, 9.17) is 17.0 Å². The zero-order chi connectivity index (χ0) is 30.6. The quantitative estimate of drug-likeness (QED) is 0.145. The second kappa shape index (κ2) is 12.0. The van der Waals surface area contributed by atoms with E-state index in [1.807, 2.05) is 0 Å². The average molecular weight is 709 g/mol. The van der Waals surface area contributed by atoms with E-state index in [1.54, 1.807) is 0 Å². The van der Waals surface area contributed by atoms with Gasteiger partial charge in [-0.15, -0.1) is 0 Å². The summed E-state index contributed by atoms with van der Waals surface area (Å²) in [5, 5.41) is 3.00. The van der Waals surface area contributed by atoms with Gasteiger partial charge in [-0.05, 0) is 0 Å². The van der Waals surface area contributed by atoms with E-state index in [2.05, 4.69) is 143 Å². The van der Waals surface area contributed by atoms with Crippen molar-refractivity contribution in [1.29, 1.82) is 0 Å². The van der Waals surface area contributed by atoms with E-state index in [-0.39, 0.29) is 3.63 Å². The standard InChI is InChI=1S/C28H29.C12H9Si.2ClH.Zr/c1-19(2)16-21-17-23-14-15-24(20(3)4)28(27(23)18-21)26-13-9-8-12-25(26)22-10-6-5-7-11-22;1-3-7-11-9(5-1)10-6-2-4-8-12(10)13-11;;;/h5-15,17-20H,16H2,1-4H3;1-7H,13H2;2*1H;/q;;;;+2/p-2. The molecule has 7 rings (SSSR count). The molecule has 0 bridgehead atoms. The third-order valence-electron chi connectivity index (χ3n) is 9.44. The number of fused-ring (bicyclic) bond motifs is 4. The molecule has 4 heteroatoms. The normalized spacial score (nSPS) is 15.9. The summed E-state index contributed by atoms with van der Waals surface area (Å²) in [6.07, 6.45) is 3.50. The second-order valence-electron chi connectivity index (χ2n) is 13.1. The molecule has 220 valence electrons. The summed E-state index contributed by atoms with van der Waals surface area (Å²) in [7, 11) is 15.3. The minimum atomic E-state index is -4.06. The molecule has 1 aliphatic carbocycles. The Hall–Kier alpha value is -2.48. The number of allylic oxidation sites excluding steroid dienone is 1. The topological polar surface area (TPSA) is 0 Å². The molecule has 0 N–H and O–H groups in total. The van der Waals surface area contributed by atoms with E-state index in [0.29, 0.717) is 11.8 Å². The van der Waals surface area contributed by atoms with Gasteiger partial charge >= 0.3 is 279 Å². The van der Waals surface area contributed by atoms with Crippen molar-refractivity contribution in [3.63, 3.8) is 0 Å². The van der Waals surface area contributed by atoms with Gasteiger partial charge in [-0.2, -0.15) is 0 Å². The van der Waals surface area contributed by atoms with Crippen LogP contribution < -0.4 is 13.6 Å². The average Bonchev–Trinajstić information content (AvgIpc) is 3.59. The first-order chi connectivity index (χ1) is 21.3. The fraction of sp³-hybridized carbons (Fsp3) is 0.200.